The number of aryl methyl sites for hydroxylation is 1. The summed E-state index contributed by atoms with van der Waals surface area (Å²) in [5, 5.41) is 15.1. The lowest BCUT2D eigenvalue weighted by molar-refractivity contribution is 0.127. The zero-order valence-electron chi connectivity index (χ0n) is 15.2. The Hall–Kier alpha value is -2.10. The molecule has 0 amide bonds. The maximum absolute atomic E-state index is 13.9. The molecule has 9 heteroatoms. The number of halogens is 2. The molecule has 1 atom stereocenters. The van der Waals surface area contributed by atoms with Gasteiger partial charge in [0, 0.05) is 32.6 Å². The molecule has 1 saturated heterocycles. The molecule has 3 aromatic rings. The van der Waals surface area contributed by atoms with Crippen molar-refractivity contribution in [1.82, 2.24) is 24.4 Å². The van der Waals surface area contributed by atoms with E-state index in [1.807, 2.05) is 6.92 Å². The number of thiazole rings is 1. The highest BCUT2D eigenvalue weighted by atomic mass is 32.1. The molecule has 144 valence electrons. The van der Waals surface area contributed by atoms with Gasteiger partial charge in [0.05, 0.1) is 10.9 Å². The number of benzene rings is 1. The Bertz CT molecular complexity index is 964. The number of hydrogen-bond acceptors (Lipinski definition) is 6. The van der Waals surface area contributed by atoms with E-state index < -0.39 is 11.6 Å². The summed E-state index contributed by atoms with van der Waals surface area (Å²) in [6.07, 6.45) is 0.675. The summed E-state index contributed by atoms with van der Waals surface area (Å²) in [5.41, 5.74) is 0.606. The average molecular weight is 393 g/mol. The van der Waals surface area contributed by atoms with Gasteiger partial charge in [0.1, 0.15) is 0 Å². The van der Waals surface area contributed by atoms with Gasteiger partial charge in [-0.3, -0.25) is 4.90 Å². The number of hydrogen-bond donors (Lipinski definition) is 1. The maximum atomic E-state index is 13.9. The van der Waals surface area contributed by atoms with Crippen LogP contribution in [-0.2, 0) is 6.42 Å². The minimum Gasteiger partial charge on any atom is -0.492 e. The number of piperazine rings is 1. The molecule has 1 aliphatic rings. The van der Waals surface area contributed by atoms with E-state index in [1.54, 1.807) is 6.07 Å². The Kier molecular flexibility index (Phi) is 4.83. The average Bonchev–Trinajstić information content (AvgIpc) is 3.19. The molecule has 1 fully saturated rings. The van der Waals surface area contributed by atoms with Gasteiger partial charge in [-0.15, -0.1) is 5.10 Å². The fourth-order valence-electron chi connectivity index (χ4n) is 3.41. The molecule has 1 aromatic carbocycles. The highest BCUT2D eigenvalue weighted by molar-refractivity contribution is 7.17. The van der Waals surface area contributed by atoms with Crippen LogP contribution in [0.3, 0.4) is 0 Å². The van der Waals surface area contributed by atoms with Crippen LogP contribution in [-0.4, -0.2) is 62.7 Å². The molecule has 6 nitrogen and oxygen atoms in total. The molecule has 1 aliphatic heterocycles. The molecular weight excluding hydrogens is 372 g/mol. The molecule has 0 saturated carbocycles. The molecule has 0 spiro atoms. The second-order valence-corrected chi connectivity index (χ2v) is 7.79. The monoisotopic (exact) mass is 393 g/mol. The number of aromatic hydroxyl groups is 1. The molecule has 27 heavy (non-hydrogen) atoms. The Morgan fingerprint density at radius 2 is 1.93 bits per heavy atom. The third kappa shape index (κ3) is 3.30. The van der Waals surface area contributed by atoms with E-state index in [0.717, 1.165) is 32.2 Å². The second-order valence-electron chi connectivity index (χ2n) is 6.78. The fraction of sp³-hybridized carbons (Fsp3) is 0.444. The van der Waals surface area contributed by atoms with Gasteiger partial charge in [0.25, 0.3) is 0 Å². The van der Waals surface area contributed by atoms with Crippen LogP contribution in [0.5, 0.6) is 5.88 Å². The van der Waals surface area contributed by atoms with Crippen molar-refractivity contribution in [3.8, 4) is 5.88 Å². The number of rotatable bonds is 4. The van der Waals surface area contributed by atoms with Gasteiger partial charge in [-0.1, -0.05) is 24.3 Å². The quantitative estimate of drug-likeness (QED) is 0.739. The van der Waals surface area contributed by atoms with Crippen molar-refractivity contribution in [3.05, 3.63) is 46.1 Å². The van der Waals surface area contributed by atoms with Crippen LogP contribution in [0.25, 0.3) is 4.96 Å². The van der Waals surface area contributed by atoms with Crippen molar-refractivity contribution in [2.75, 3.05) is 33.2 Å². The third-order valence-electron chi connectivity index (χ3n) is 4.97. The van der Waals surface area contributed by atoms with Gasteiger partial charge in [-0.2, -0.15) is 4.52 Å². The second kappa shape index (κ2) is 7.14. The van der Waals surface area contributed by atoms with E-state index in [-0.39, 0.29) is 11.9 Å². The van der Waals surface area contributed by atoms with Gasteiger partial charge >= 0.3 is 0 Å². The molecular formula is C18H21F2N5OS. The van der Waals surface area contributed by atoms with E-state index in [1.165, 1.54) is 21.9 Å². The first-order valence-electron chi connectivity index (χ1n) is 8.92. The van der Waals surface area contributed by atoms with Crippen molar-refractivity contribution >= 4 is 16.3 Å². The summed E-state index contributed by atoms with van der Waals surface area (Å²) in [5.74, 6) is -1.10. The van der Waals surface area contributed by atoms with Crippen LogP contribution in [0.15, 0.2) is 18.2 Å². The van der Waals surface area contributed by atoms with Crippen LogP contribution in [0.4, 0.5) is 8.78 Å². The van der Waals surface area contributed by atoms with E-state index in [4.69, 9.17) is 0 Å². The molecule has 1 N–H and O–H groups in total. The molecule has 0 aliphatic carbocycles. The summed E-state index contributed by atoms with van der Waals surface area (Å²) >= 11 is 1.34. The van der Waals surface area contributed by atoms with Crippen molar-refractivity contribution in [3.63, 3.8) is 0 Å². The molecule has 2 aromatic heterocycles. The zero-order valence-corrected chi connectivity index (χ0v) is 16.0. The van der Waals surface area contributed by atoms with Gasteiger partial charge in [-0.05, 0) is 24.7 Å². The van der Waals surface area contributed by atoms with Gasteiger partial charge in [0.2, 0.25) is 10.8 Å². The molecule has 4 rings (SSSR count). The van der Waals surface area contributed by atoms with Crippen molar-refractivity contribution in [1.29, 1.82) is 0 Å². The first kappa shape index (κ1) is 18.3. The van der Waals surface area contributed by atoms with Crippen LogP contribution < -0.4 is 0 Å². The number of likely N-dealkylation sites (N-methyl/N-ethyl adjacent to an activating group) is 1. The topological polar surface area (TPSA) is 56.9 Å². The highest BCUT2D eigenvalue weighted by Gasteiger charge is 2.31. The highest BCUT2D eigenvalue weighted by Crippen LogP contribution is 2.40. The summed E-state index contributed by atoms with van der Waals surface area (Å²) in [6, 6.07) is 3.54. The van der Waals surface area contributed by atoms with E-state index in [2.05, 4.69) is 26.9 Å². The van der Waals surface area contributed by atoms with Gasteiger partial charge in [-0.25, -0.2) is 13.8 Å². The van der Waals surface area contributed by atoms with Crippen molar-refractivity contribution in [2.24, 2.45) is 0 Å². The van der Waals surface area contributed by atoms with E-state index >= 15 is 0 Å². The summed E-state index contributed by atoms with van der Waals surface area (Å²) < 4.78 is 28.8. The van der Waals surface area contributed by atoms with Gasteiger partial charge < -0.3 is 10.0 Å². The standard InChI is InChI=1S/C18H21F2N5OS/c1-3-14-21-18-25(22-14)17(26)16(27-18)15(24-8-6-23(2)7-9-24)11-4-5-12(19)13(20)10-11/h4-5,10,15,26H,3,6-9H2,1-2H3/t15-/m1/s1. The number of nitrogens with zero attached hydrogens (tertiary/aromatic N) is 5. The smallest absolute Gasteiger partial charge is 0.230 e. The molecule has 3 heterocycles. The number of aromatic nitrogens is 3. The lowest BCUT2D eigenvalue weighted by Crippen LogP contribution is -2.46. The molecule has 0 radical (unpaired) electrons. The van der Waals surface area contributed by atoms with E-state index in [9.17, 15) is 13.9 Å². The molecule has 0 unspecified atom stereocenters. The summed E-state index contributed by atoms with van der Waals surface area (Å²) in [4.78, 5) is 10.1. The Morgan fingerprint density at radius 1 is 1.19 bits per heavy atom. The Labute approximate surface area is 159 Å². The predicted molar refractivity (Wildman–Crippen MR) is 99.2 cm³/mol. The lowest BCUT2D eigenvalue weighted by Gasteiger charge is -2.37. The van der Waals surface area contributed by atoms with Crippen LogP contribution >= 0.6 is 11.3 Å². The van der Waals surface area contributed by atoms with E-state index in [0.29, 0.717) is 27.6 Å². The fourth-order valence-corrected chi connectivity index (χ4v) is 4.55. The Balaban J connectivity index is 1.80. The first-order chi connectivity index (χ1) is 13.0. The van der Waals surface area contributed by atoms with Crippen molar-refractivity contribution < 1.29 is 13.9 Å². The number of fused-ring (bicyclic) bond motifs is 1. The van der Waals surface area contributed by atoms with Gasteiger partial charge in [0.15, 0.2) is 17.5 Å². The first-order valence-corrected chi connectivity index (χ1v) is 9.74. The van der Waals surface area contributed by atoms with Crippen LogP contribution in [0.2, 0.25) is 0 Å². The zero-order chi connectivity index (χ0) is 19.1. The van der Waals surface area contributed by atoms with Crippen molar-refractivity contribution in [2.45, 2.75) is 19.4 Å². The maximum Gasteiger partial charge on any atom is 0.230 e. The third-order valence-corrected chi connectivity index (χ3v) is 6.04. The molecule has 0 bridgehead atoms. The predicted octanol–water partition coefficient (Wildman–Crippen LogP) is 2.67. The summed E-state index contributed by atoms with van der Waals surface area (Å²) in [7, 11) is 2.05. The lowest BCUT2D eigenvalue weighted by atomic mass is 10.0. The minimum absolute atomic E-state index is 0.0101. The minimum atomic E-state index is -0.890. The summed E-state index contributed by atoms with van der Waals surface area (Å²) in [6.45, 7) is 5.19. The largest absolute Gasteiger partial charge is 0.492 e. The van der Waals surface area contributed by atoms with Crippen LogP contribution in [0.1, 0.15) is 29.2 Å². The Morgan fingerprint density at radius 3 is 2.56 bits per heavy atom. The normalized spacial score (nSPS) is 17.6. The van der Waals surface area contributed by atoms with Crippen LogP contribution in [0, 0.1) is 11.6 Å². The SMILES string of the molecule is CCc1nc2sc([C@@H](c3ccc(F)c(F)c3)N3CCN(C)CC3)c(O)n2n1.